The Morgan fingerprint density at radius 2 is 2.19 bits per heavy atom. The van der Waals surface area contributed by atoms with Crippen molar-refractivity contribution in [2.75, 3.05) is 6.54 Å². The van der Waals surface area contributed by atoms with Crippen molar-refractivity contribution in [2.24, 2.45) is 0 Å². The summed E-state index contributed by atoms with van der Waals surface area (Å²) >= 11 is 0. The maximum Gasteiger partial charge on any atom is 0.303 e. The third-order valence-corrected chi connectivity index (χ3v) is 1.92. The summed E-state index contributed by atoms with van der Waals surface area (Å²) in [5.74, 6) is -1.20. The summed E-state index contributed by atoms with van der Waals surface area (Å²) in [6.45, 7) is 1.19. The summed E-state index contributed by atoms with van der Waals surface area (Å²) in [6.07, 6.45) is 3.97. The van der Waals surface area contributed by atoms with Gasteiger partial charge in [-0.25, -0.2) is 0 Å². The minimum Gasteiger partial charge on any atom is -0.481 e. The normalized spacial score (nSPS) is 10.0. The molecular weight excluding hydrogens is 212 g/mol. The zero-order chi connectivity index (χ0) is 11.8. The molecule has 1 heterocycles. The molecule has 0 spiro atoms. The van der Waals surface area contributed by atoms with E-state index in [-0.39, 0.29) is 18.7 Å². The van der Waals surface area contributed by atoms with Crippen LogP contribution in [0.4, 0.5) is 0 Å². The summed E-state index contributed by atoms with van der Waals surface area (Å²) in [5.41, 5.74) is 0. The minimum absolute atomic E-state index is 0.0264. The monoisotopic (exact) mass is 226 g/mol. The van der Waals surface area contributed by atoms with E-state index in [1.165, 1.54) is 0 Å². The molecule has 0 saturated heterocycles. The average molecular weight is 226 g/mol. The van der Waals surface area contributed by atoms with Gasteiger partial charge < -0.3 is 10.4 Å². The van der Waals surface area contributed by atoms with Gasteiger partial charge in [0, 0.05) is 25.7 Å². The maximum absolute atomic E-state index is 11.1. The van der Waals surface area contributed by atoms with Crippen LogP contribution in [-0.4, -0.2) is 38.5 Å². The van der Waals surface area contributed by atoms with Crippen LogP contribution in [0.15, 0.2) is 12.4 Å². The molecule has 0 aliphatic heterocycles. The van der Waals surface area contributed by atoms with Gasteiger partial charge in [0.25, 0.3) is 0 Å². The van der Waals surface area contributed by atoms with Crippen LogP contribution in [0, 0.1) is 0 Å². The van der Waals surface area contributed by atoms with Crippen molar-refractivity contribution in [2.45, 2.75) is 25.8 Å². The molecule has 16 heavy (non-hydrogen) atoms. The van der Waals surface area contributed by atoms with Crippen molar-refractivity contribution in [3.05, 3.63) is 12.4 Å². The van der Waals surface area contributed by atoms with E-state index < -0.39 is 5.97 Å². The second-order valence-electron chi connectivity index (χ2n) is 3.26. The second kappa shape index (κ2) is 6.54. The Bertz CT molecular complexity index is 337. The third kappa shape index (κ3) is 5.08. The topological polar surface area (TPSA) is 97.1 Å². The number of carboxylic acids is 1. The summed E-state index contributed by atoms with van der Waals surface area (Å²) in [4.78, 5) is 21.3. The van der Waals surface area contributed by atoms with Crippen LogP contribution in [0.25, 0.3) is 0 Å². The number of aryl methyl sites for hydroxylation is 1. The standard InChI is InChI=1S/C9H14N4O3/c14-8(2-3-9(15)16)10-4-1-6-13-7-5-11-12-13/h5,7H,1-4,6H2,(H,10,14)(H,15,16). The van der Waals surface area contributed by atoms with Gasteiger partial charge >= 0.3 is 5.97 Å². The molecule has 0 unspecified atom stereocenters. The van der Waals surface area contributed by atoms with Crippen molar-refractivity contribution in [1.29, 1.82) is 0 Å². The number of aliphatic carboxylic acids is 1. The van der Waals surface area contributed by atoms with Crippen molar-refractivity contribution >= 4 is 11.9 Å². The lowest BCUT2D eigenvalue weighted by Crippen LogP contribution is -2.25. The van der Waals surface area contributed by atoms with E-state index in [1.807, 2.05) is 0 Å². The number of carbonyl (C=O) groups excluding carboxylic acids is 1. The highest BCUT2D eigenvalue weighted by Crippen LogP contribution is 1.90. The molecule has 2 N–H and O–H groups in total. The molecule has 0 aliphatic rings. The van der Waals surface area contributed by atoms with Crippen molar-refractivity contribution in [1.82, 2.24) is 20.3 Å². The Morgan fingerprint density at radius 3 is 2.81 bits per heavy atom. The summed E-state index contributed by atoms with van der Waals surface area (Å²) in [5, 5.41) is 18.4. The highest BCUT2D eigenvalue weighted by atomic mass is 16.4. The first-order valence-electron chi connectivity index (χ1n) is 5.01. The number of carbonyl (C=O) groups is 2. The fraction of sp³-hybridized carbons (Fsp3) is 0.556. The SMILES string of the molecule is O=C(O)CCC(=O)NCCCn1ccnn1. The largest absolute Gasteiger partial charge is 0.481 e. The molecule has 1 aromatic heterocycles. The zero-order valence-corrected chi connectivity index (χ0v) is 8.80. The van der Waals surface area contributed by atoms with Crippen LogP contribution in [-0.2, 0) is 16.1 Å². The van der Waals surface area contributed by atoms with Gasteiger partial charge in [-0.15, -0.1) is 5.10 Å². The fourth-order valence-corrected chi connectivity index (χ4v) is 1.13. The number of hydrogen-bond acceptors (Lipinski definition) is 4. The molecule has 88 valence electrons. The molecule has 1 rings (SSSR count). The molecule has 0 aliphatic carbocycles. The summed E-state index contributed by atoms with van der Waals surface area (Å²) in [7, 11) is 0. The minimum atomic E-state index is -0.960. The number of aromatic nitrogens is 3. The number of nitrogens with one attached hydrogen (secondary N) is 1. The molecule has 0 bridgehead atoms. The summed E-state index contributed by atoms with van der Waals surface area (Å²) < 4.78 is 1.67. The Morgan fingerprint density at radius 1 is 1.38 bits per heavy atom. The second-order valence-corrected chi connectivity index (χ2v) is 3.26. The highest BCUT2D eigenvalue weighted by molar-refractivity contribution is 5.80. The van der Waals surface area contributed by atoms with E-state index in [4.69, 9.17) is 5.11 Å². The van der Waals surface area contributed by atoms with E-state index in [9.17, 15) is 9.59 Å². The van der Waals surface area contributed by atoms with Gasteiger partial charge in [0.15, 0.2) is 0 Å². The predicted octanol–water partition coefficient (Wildman–Crippen LogP) is -0.351. The van der Waals surface area contributed by atoms with Crippen LogP contribution in [0.1, 0.15) is 19.3 Å². The molecular formula is C9H14N4O3. The number of nitrogens with zero attached hydrogens (tertiary/aromatic N) is 3. The Kier molecular flexibility index (Phi) is 4.97. The molecule has 7 nitrogen and oxygen atoms in total. The lowest BCUT2D eigenvalue weighted by molar-refractivity contribution is -0.138. The van der Waals surface area contributed by atoms with Crippen molar-refractivity contribution in [3.63, 3.8) is 0 Å². The lowest BCUT2D eigenvalue weighted by Gasteiger charge is -2.03. The fourth-order valence-electron chi connectivity index (χ4n) is 1.13. The molecule has 0 fully saturated rings. The van der Waals surface area contributed by atoms with Crippen LogP contribution >= 0.6 is 0 Å². The molecule has 1 amide bonds. The zero-order valence-electron chi connectivity index (χ0n) is 8.80. The van der Waals surface area contributed by atoms with Crippen molar-refractivity contribution in [3.8, 4) is 0 Å². The number of amides is 1. The smallest absolute Gasteiger partial charge is 0.303 e. The third-order valence-electron chi connectivity index (χ3n) is 1.92. The first-order chi connectivity index (χ1) is 7.68. The average Bonchev–Trinajstić information content (AvgIpc) is 2.74. The van der Waals surface area contributed by atoms with Gasteiger partial charge in [-0.2, -0.15) is 0 Å². The first-order valence-corrected chi connectivity index (χ1v) is 5.01. The highest BCUT2D eigenvalue weighted by Gasteiger charge is 2.04. The molecule has 0 aromatic carbocycles. The molecule has 0 saturated carbocycles. The van der Waals surface area contributed by atoms with Crippen LogP contribution in [0.3, 0.4) is 0 Å². The van der Waals surface area contributed by atoms with Crippen LogP contribution < -0.4 is 5.32 Å². The molecule has 0 atom stereocenters. The Balaban J connectivity index is 2.02. The quantitative estimate of drug-likeness (QED) is 0.619. The Labute approximate surface area is 92.4 Å². The lowest BCUT2D eigenvalue weighted by atomic mass is 10.3. The predicted molar refractivity (Wildman–Crippen MR) is 54.5 cm³/mol. The van der Waals surface area contributed by atoms with E-state index >= 15 is 0 Å². The molecule has 7 heteroatoms. The van der Waals surface area contributed by atoms with Gasteiger partial charge in [-0.1, -0.05) is 5.21 Å². The van der Waals surface area contributed by atoms with Crippen LogP contribution in [0.5, 0.6) is 0 Å². The van der Waals surface area contributed by atoms with E-state index in [0.29, 0.717) is 13.1 Å². The van der Waals surface area contributed by atoms with Gasteiger partial charge in [0.05, 0.1) is 12.6 Å². The molecule has 1 aromatic rings. The van der Waals surface area contributed by atoms with E-state index in [0.717, 1.165) is 6.42 Å². The van der Waals surface area contributed by atoms with E-state index in [2.05, 4.69) is 15.6 Å². The number of rotatable bonds is 7. The first kappa shape index (κ1) is 12.2. The van der Waals surface area contributed by atoms with Gasteiger partial charge in [-0.05, 0) is 6.42 Å². The summed E-state index contributed by atoms with van der Waals surface area (Å²) in [6, 6.07) is 0. The number of hydrogen-bond donors (Lipinski definition) is 2. The number of carboxylic acid groups (broad SMARTS) is 1. The molecule has 0 radical (unpaired) electrons. The van der Waals surface area contributed by atoms with Gasteiger partial charge in [0.2, 0.25) is 5.91 Å². The van der Waals surface area contributed by atoms with E-state index in [1.54, 1.807) is 17.1 Å². The van der Waals surface area contributed by atoms with Crippen LogP contribution in [0.2, 0.25) is 0 Å². The maximum atomic E-state index is 11.1. The van der Waals surface area contributed by atoms with Gasteiger partial charge in [-0.3, -0.25) is 14.3 Å². The Hall–Kier alpha value is -1.92. The van der Waals surface area contributed by atoms with Crippen molar-refractivity contribution < 1.29 is 14.7 Å². The van der Waals surface area contributed by atoms with Gasteiger partial charge in [0.1, 0.15) is 0 Å².